The van der Waals surface area contributed by atoms with Crippen LogP contribution in [0.4, 0.5) is 0 Å². The molecule has 0 saturated heterocycles. The first-order chi connectivity index (χ1) is 11.4. The highest BCUT2D eigenvalue weighted by atomic mass is 32.2. The van der Waals surface area contributed by atoms with Crippen LogP contribution in [0.15, 0.2) is 53.4 Å². The van der Waals surface area contributed by atoms with Crippen molar-refractivity contribution in [2.45, 2.75) is 37.6 Å². The second-order valence-corrected chi connectivity index (χ2v) is 7.88. The van der Waals surface area contributed by atoms with E-state index in [1.165, 1.54) is 11.8 Å². The Labute approximate surface area is 143 Å². The molecule has 0 aliphatic carbocycles. The van der Waals surface area contributed by atoms with Crippen molar-refractivity contribution < 1.29 is 13.2 Å². The number of benzene rings is 2. The number of carbonyl (C=O) groups excluding carboxylic acids is 1. The predicted octanol–water partition coefficient (Wildman–Crippen LogP) is 2.90. The van der Waals surface area contributed by atoms with E-state index in [0.717, 1.165) is 17.5 Å². The van der Waals surface area contributed by atoms with Crippen molar-refractivity contribution in [2.75, 3.05) is 6.26 Å². The van der Waals surface area contributed by atoms with Gasteiger partial charge in [-0.3, -0.25) is 4.79 Å². The summed E-state index contributed by atoms with van der Waals surface area (Å²) in [6.07, 6.45) is 3.34. The number of hydrogen-bond donors (Lipinski definition) is 1. The quantitative estimate of drug-likeness (QED) is 0.839. The zero-order chi connectivity index (χ0) is 17.6. The Bertz CT molecular complexity index is 778. The first kappa shape index (κ1) is 18.2. The van der Waals surface area contributed by atoms with Crippen LogP contribution in [0.5, 0.6) is 0 Å². The van der Waals surface area contributed by atoms with Crippen LogP contribution < -0.4 is 5.32 Å². The molecule has 0 saturated carbocycles. The maximum Gasteiger partial charge on any atom is 0.220 e. The highest BCUT2D eigenvalue weighted by Crippen LogP contribution is 2.10. The van der Waals surface area contributed by atoms with Gasteiger partial charge in [-0.1, -0.05) is 43.3 Å². The van der Waals surface area contributed by atoms with Crippen LogP contribution in [-0.2, 0) is 34.0 Å². The zero-order valence-electron chi connectivity index (χ0n) is 14.1. The van der Waals surface area contributed by atoms with Crippen molar-refractivity contribution >= 4 is 15.7 Å². The SMILES string of the molecule is CCc1ccc(CCC(=O)NCc2ccc(S(C)(=O)=O)cc2)cc1. The van der Waals surface area contributed by atoms with Gasteiger partial charge in [-0.15, -0.1) is 0 Å². The summed E-state index contributed by atoms with van der Waals surface area (Å²) < 4.78 is 22.8. The van der Waals surface area contributed by atoms with E-state index in [9.17, 15) is 13.2 Å². The monoisotopic (exact) mass is 345 g/mol. The molecule has 2 aromatic rings. The topological polar surface area (TPSA) is 63.2 Å². The fourth-order valence-electron chi connectivity index (χ4n) is 2.34. The fraction of sp³-hybridized carbons (Fsp3) is 0.316. The van der Waals surface area contributed by atoms with E-state index in [1.807, 2.05) is 0 Å². The van der Waals surface area contributed by atoms with Crippen LogP contribution in [0, 0.1) is 0 Å². The van der Waals surface area contributed by atoms with Crippen molar-refractivity contribution in [1.29, 1.82) is 0 Å². The molecule has 1 amide bonds. The van der Waals surface area contributed by atoms with Gasteiger partial charge in [-0.25, -0.2) is 8.42 Å². The van der Waals surface area contributed by atoms with Gasteiger partial charge in [-0.2, -0.15) is 0 Å². The Morgan fingerprint density at radius 1 is 0.917 bits per heavy atom. The molecule has 0 aliphatic rings. The van der Waals surface area contributed by atoms with Gasteiger partial charge in [0, 0.05) is 19.2 Å². The third-order valence-electron chi connectivity index (χ3n) is 3.91. The largest absolute Gasteiger partial charge is 0.352 e. The zero-order valence-corrected chi connectivity index (χ0v) is 14.9. The molecular formula is C19H23NO3S. The number of carbonyl (C=O) groups is 1. The molecule has 0 atom stereocenters. The van der Waals surface area contributed by atoms with Crippen molar-refractivity contribution in [3.05, 3.63) is 65.2 Å². The van der Waals surface area contributed by atoms with Crippen LogP contribution in [-0.4, -0.2) is 20.6 Å². The number of nitrogens with one attached hydrogen (secondary N) is 1. The highest BCUT2D eigenvalue weighted by Gasteiger charge is 2.07. The summed E-state index contributed by atoms with van der Waals surface area (Å²) in [7, 11) is -3.18. The van der Waals surface area contributed by atoms with Crippen molar-refractivity contribution in [3.8, 4) is 0 Å². The molecule has 0 spiro atoms. The number of rotatable bonds is 7. The van der Waals surface area contributed by atoms with Gasteiger partial charge in [0.15, 0.2) is 9.84 Å². The molecule has 24 heavy (non-hydrogen) atoms. The molecule has 4 nitrogen and oxygen atoms in total. The average molecular weight is 345 g/mol. The molecule has 2 aromatic carbocycles. The van der Waals surface area contributed by atoms with E-state index in [4.69, 9.17) is 0 Å². The first-order valence-corrected chi connectivity index (χ1v) is 9.91. The van der Waals surface area contributed by atoms with Gasteiger partial charge in [0.1, 0.15) is 0 Å². The fourth-order valence-corrected chi connectivity index (χ4v) is 2.97. The van der Waals surface area contributed by atoms with Crippen molar-refractivity contribution in [2.24, 2.45) is 0 Å². The molecule has 0 fully saturated rings. The van der Waals surface area contributed by atoms with Gasteiger partial charge >= 0.3 is 0 Å². The van der Waals surface area contributed by atoms with Crippen molar-refractivity contribution in [3.63, 3.8) is 0 Å². The molecule has 0 heterocycles. The summed E-state index contributed by atoms with van der Waals surface area (Å²) in [5.74, 6) is -0.0123. The summed E-state index contributed by atoms with van der Waals surface area (Å²) in [6.45, 7) is 2.52. The standard InChI is InChI=1S/C19H23NO3S/c1-3-15-4-6-16(7-5-15)10-13-19(21)20-14-17-8-11-18(12-9-17)24(2,22)23/h4-9,11-12H,3,10,13-14H2,1-2H3,(H,20,21). The maximum atomic E-state index is 11.9. The summed E-state index contributed by atoms with van der Waals surface area (Å²) in [4.78, 5) is 12.2. The minimum atomic E-state index is -3.18. The summed E-state index contributed by atoms with van der Waals surface area (Å²) >= 11 is 0. The Morgan fingerprint density at radius 3 is 2.00 bits per heavy atom. The second-order valence-electron chi connectivity index (χ2n) is 5.86. The van der Waals surface area contributed by atoms with Crippen LogP contribution in [0.1, 0.15) is 30.0 Å². The lowest BCUT2D eigenvalue weighted by atomic mass is 10.1. The molecule has 0 aliphatic heterocycles. The molecule has 0 aromatic heterocycles. The van der Waals surface area contributed by atoms with Crippen LogP contribution >= 0.6 is 0 Å². The Kier molecular flexibility index (Phi) is 6.15. The number of aryl methyl sites for hydroxylation is 2. The van der Waals surface area contributed by atoms with E-state index in [2.05, 4.69) is 36.5 Å². The Balaban J connectivity index is 1.80. The van der Waals surface area contributed by atoms with E-state index in [1.54, 1.807) is 24.3 Å². The van der Waals surface area contributed by atoms with E-state index >= 15 is 0 Å². The lowest BCUT2D eigenvalue weighted by Gasteiger charge is -2.07. The normalized spacial score (nSPS) is 11.2. The van der Waals surface area contributed by atoms with Gasteiger partial charge in [0.25, 0.3) is 0 Å². The number of hydrogen-bond acceptors (Lipinski definition) is 3. The van der Waals surface area contributed by atoms with E-state index in [0.29, 0.717) is 19.4 Å². The highest BCUT2D eigenvalue weighted by molar-refractivity contribution is 7.90. The molecule has 0 bridgehead atoms. The van der Waals surface area contributed by atoms with Gasteiger partial charge in [-0.05, 0) is 41.7 Å². The lowest BCUT2D eigenvalue weighted by Crippen LogP contribution is -2.23. The van der Waals surface area contributed by atoms with E-state index in [-0.39, 0.29) is 10.8 Å². The summed E-state index contributed by atoms with van der Waals surface area (Å²) in [6, 6.07) is 14.9. The first-order valence-electron chi connectivity index (χ1n) is 8.02. The predicted molar refractivity (Wildman–Crippen MR) is 95.5 cm³/mol. The minimum absolute atomic E-state index is 0.0123. The third-order valence-corrected chi connectivity index (χ3v) is 5.04. The third kappa shape index (κ3) is 5.49. The van der Waals surface area contributed by atoms with Crippen LogP contribution in [0.2, 0.25) is 0 Å². The van der Waals surface area contributed by atoms with Gasteiger partial charge in [0.2, 0.25) is 5.91 Å². The number of amides is 1. The van der Waals surface area contributed by atoms with Gasteiger partial charge < -0.3 is 5.32 Å². The van der Waals surface area contributed by atoms with Crippen LogP contribution in [0.3, 0.4) is 0 Å². The van der Waals surface area contributed by atoms with Crippen molar-refractivity contribution in [1.82, 2.24) is 5.32 Å². The molecule has 0 unspecified atom stereocenters. The summed E-state index contributed by atoms with van der Waals surface area (Å²) in [5, 5.41) is 2.86. The smallest absolute Gasteiger partial charge is 0.220 e. The van der Waals surface area contributed by atoms with Crippen LogP contribution in [0.25, 0.3) is 0 Å². The molecule has 2 rings (SSSR count). The average Bonchev–Trinajstić information content (AvgIpc) is 2.58. The second kappa shape index (κ2) is 8.11. The Hall–Kier alpha value is -2.14. The van der Waals surface area contributed by atoms with E-state index < -0.39 is 9.84 Å². The minimum Gasteiger partial charge on any atom is -0.352 e. The number of sulfone groups is 1. The molecule has 128 valence electrons. The molecular weight excluding hydrogens is 322 g/mol. The summed E-state index contributed by atoms with van der Waals surface area (Å²) in [5.41, 5.74) is 3.32. The molecule has 0 radical (unpaired) electrons. The van der Waals surface area contributed by atoms with Gasteiger partial charge in [0.05, 0.1) is 4.90 Å². The lowest BCUT2D eigenvalue weighted by molar-refractivity contribution is -0.121. The molecule has 1 N–H and O–H groups in total. The maximum absolute atomic E-state index is 11.9. The molecule has 5 heteroatoms. The Morgan fingerprint density at radius 2 is 1.46 bits per heavy atom.